The zero-order valence-electron chi connectivity index (χ0n) is 12.4. The fourth-order valence-electron chi connectivity index (χ4n) is 2.05. The Morgan fingerprint density at radius 2 is 1.95 bits per heavy atom. The van der Waals surface area contributed by atoms with Crippen LogP contribution < -0.4 is 11.1 Å². The quantitative estimate of drug-likeness (QED) is 0.556. The Balaban J connectivity index is 2.22. The fourth-order valence-corrected chi connectivity index (χ4v) is 2.27. The van der Waals surface area contributed by atoms with Crippen LogP contribution in [0.2, 0.25) is 5.02 Å². The van der Waals surface area contributed by atoms with Gasteiger partial charge in [-0.05, 0) is 24.5 Å². The van der Waals surface area contributed by atoms with Crippen molar-refractivity contribution in [2.45, 2.75) is 46.0 Å². The zero-order valence-corrected chi connectivity index (χ0v) is 13.2. The van der Waals surface area contributed by atoms with Gasteiger partial charge in [-0.25, -0.2) is 0 Å². The number of hydrogen-bond acceptors (Lipinski definition) is 2. The average molecular weight is 297 g/mol. The standard InChI is InChI=1S/C16H25ClN2O/c1-12(2)8-5-3-4-6-11-19-16(20)13-9-7-10-14(18)15(13)17/h7,9-10,12H,3-6,8,11,18H2,1-2H3,(H,19,20). The van der Waals surface area contributed by atoms with Crippen molar-refractivity contribution < 1.29 is 4.79 Å². The van der Waals surface area contributed by atoms with E-state index in [2.05, 4.69) is 19.2 Å². The smallest absolute Gasteiger partial charge is 0.252 e. The van der Waals surface area contributed by atoms with Crippen LogP contribution in [-0.2, 0) is 0 Å². The maximum Gasteiger partial charge on any atom is 0.252 e. The van der Waals surface area contributed by atoms with Gasteiger partial charge in [0.1, 0.15) is 0 Å². The lowest BCUT2D eigenvalue weighted by molar-refractivity contribution is 0.0953. The molecule has 0 aliphatic carbocycles. The highest BCUT2D eigenvalue weighted by atomic mass is 35.5. The van der Waals surface area contributed by atoms with Crippen LogP contribution in [0.25, 0.3) is 0 Å². The molecule has 3 N–H and O–H groups in total. The summed E-state index contributed by atoms with van der Waals surface area (Å²) in [6.07, 6.45) is 5.94. The normalized spacial score (nSPS) is 10.8. The predicted octanol–water partition coefficient (Wildman–Crippen LogP) is 4.26. The molecule has 0 fully saturated rings. The van der Waals surface area contributed by atoms with E-state index in [9.17, 15) is 4.79 Å². The first kappa shape index (κ1) is 16.8. The zero-order chi connectivity index (χ0) is 15.0. The summed E-state index contributed by atoms with van der Waals surface area (Å²) in [6.45, 7) is 5.18. The van der Waals surface area contributed by atoms with Gasteiger partial charge in [-0.2, -0.15) is 0 Å². The number of amides is 1. The van der Waals surface area contributed by atoms with Gasteiger partial charge in [0.05, 0.1) is 16.3 Å². The van der Waals surface area contributed by atoms with Crippen LogP contribution in [0.3, 0.4) is 0 Å². The number of benzene rings is 1. The Labute approximate surface area is 126 Å². The summed E-state index contributed by atoms with van der Waals surface area (Å²) in [7, 11) is 0. The van der Waals surface area contributed by atoms with Crippen LogP contribution in [0.4, 0.5) is 5.69 Å². The molecule has 0 saturated heterocycles. The Kier molecular flexibility index (Phi) is 7.45. The minimum Gasteiger partial charge on any atom is -0.398 e. The van der Waals surface area contributed by atoms with Crippen molar-refractivity contribution in [1.29, 1.82) is 0 Å². The number of anilines is 1. The number of nitrogens with one attached hydrogen (secondary N) is 1. The Hall–Kier alpha value is -1.22. The molecule has 112 valence electrons. The molecule has 0 aromatic heterocycles. The molecule has 1 amide bonds. The first-order chi connectivity index (χ1) is 9.52. The molecular formula is C16H25ClN2O. The number of carbonyl (C=O) groups excluding carboxylic acids is 1. The third kappa shape index (κ3) is 5.83. The summed E-state index contributed by atoms with van der Waals surface area (Å²) in [5.41, 5.74) is 6.57. The van der Waals surface area contributed by atoms with E-state index >= 15 is 0 Å². The first-order valence-corrected chi connectivity index (χ1v) is 7.72. The topological polar surface area (TPSA) is 55.1 Å². The van der Waals surface area contributed by atoms with Gasteiger partial charge in [0, 0.05) is 6.54 Å². The molecule has 1 aromatic carbocycles. The van der Waals surface area contributed by atoms with Crippen molar-refractivity contribution >= 4 is 23.2 Å². The summed E-state index contributed by atoms with van der Waals surface area (Å²) in [4.78, 5) is 11.9. The summed E-state index contributed by atoms with van der Waals surface area (Å²) in [5.74, 6) is 0.630. The second-order valence-electron chi connectivity index (χ2n) is 5.56. The lowest BCUT2D eigenvalue weighted by Gasteiger charge is -2.08. The molecule has 0 bridgehead atoms. The van der Waals surface area contributed by atoms with Crippen molar-refractivity contribution in [3.8, 4) is 0 Å². The summed E-state index contributed by atoms with van der Waals surface area (Å²) < 4.78 is 0. The number of carbonyl (C=O) groups is 1. The fraction of sp³-hybridized carbons (Fsp3) is 0.562. The molecule has 0 aliphatic heterocycles. The number of unbranched alkanes of at least 4 members (excludes halogenated alkanes) is 3. The van der Waals surface area contributed by atoms with Crippen molar-refractivity contribution in [2.24, 2.45) is 5.92 Å². The van der Waals surface area contributed by atoms with Crippen LogP contribution >= 0.6 is 11.6 Å². The molecule has 1 aromatic rings. The molecule has 0 unspecified atom stereocenters. The van der Waals surface area contributed by atoms with Crippen molar-refractivity contribution in [3.63, 3.8) is 0 Å². The minimum absolute atomic E-state index is 0.149. The second-order valence-corrected chi connectivity index (χ2v) is 5.94. The van der Waals surface area contributed by atoms with Crippen LogP contribution in [0.15, 0.2) is 18.2 Å². The molecule has 0 saturated carbocycles. The molecule has 3 nitrogen and oxygen atoms in total. The third-order valence-electron chi connectivity index (χ3n) is 3.27. The Bertz CT molecular complexity index is 432. The molecular weight excluding hydrogens is 272 g/mol. The number of halogens is 1. The van der Waals surface area contributed by atoms with E-state index in [4.69, 9.17) is 17.3 Å². The Morgan fingerprint density at radius 1 is 1.25 bits per heavy atom. The largest absolute Gasteiger partial charge is 0.398 e. The van der Waals surface area contributed by atoms with E-state index in [1.54, 1.807) is 18.2 Å². The maximum absolute atomic E-state index is 11.9. The van der Waals surface area contributed by atoms with Crippen LogP contribution in [0, 0.1) is 5.92 Å². The predicted molar refractivity (Wildman–Crippen MR) is 86.1 cm³/mol. The van der Waals surface area contributed by atoms with Crippen molar-refractivity contribution in [3.05, 3.63) is 28.8 Å². The van der Waals surface area contributed by atoms with Gasteiger partial charge < -0.3 is 11.1 Å². The SMILES string of the molecule is CC(C)CCCCCCNC(=O)c1cccc(N)c1Cl. The van der Waals surface area contributed by atoms with Crippen LogP contribution in [0.1, 0.15) is 56.3 Å². The highest BCUT2D eigenvalue weighted by molar-refractivity contribution is 6.36. The molecule has 0 heterocycles. The highest BCUT2D eigenvalue weighted by Gasteiger charge is 2.11. The lowest BCUT2D eigenvalue weighted by atomic mass is 10.0. The van der Waals surface area contributed by atoms with E-state index in [1.165, 1.54) is 19.3 Å². The molecule has 0 radical (unpaired) electrons. The average Bonchev–Trinajstić information content (AvgIpc) is 2.40. The first-order valence-electron chi connectivity index (χ1n) is 7.34. The molecule has 4 heteroatoms. The van der Waals surface area contributed by atoms with Gasteiger partial charge in [0.25, 0.3) is 5.91 Å². The number of nitrogen functional groups attached to an aromatic ring is 1. The maximum atomic E-state index is 11.9. The molecule has 20 heavy (non-hydrogen) atoms. The van der Waals surface area contributed by atoms with Gasteiger partial charge in [-0.1, -0.05) is 57.2 Å². The monoisotopic (exact) mass is 296 g/mol. The van der Waals surface area contributed by atoms with Crippen LogP contribution in [-0.4, -0.2) is 12.5 Å². The van der Waals surface area contributed by atoms with Gasteiger partial charge in [0.2, 0.25) is 0 Å². The van der Waals surface area contributed by atoms with E-state index in [-0.39, 0.29) is 5.91 Å². The molecule has 1 rings (SSSR count). The van der Waals surface area contributed by atoms with E-state index in [0.29, 0.717) is 22.8 Å². The van der Waals surface area contributed by atoms with E-state index in [1.807, 2.05) is 0 Å². The number of hydrogen-bond donors (Lipinski definition) is 2. The molecule has 0 spiro atoms. The summed E-state index contributed by atoms with van der Waals surface area (Å²) in [5, 5.41) is 3.22. The van der Waals surface area contributed by atoms with Crippen molar-refractivity contribution in [2.75, 3.05) is 12.3 Å². The third-order valence-corrected chi connectivity index (χ3v) is 3.69. The second kappa shape index (κ2) is 8.85. The summed E-state index contributed by atoms with van der Waals surface area (Å²) in [6, 6.07) is 5.12. The van der Waals surface area contributed by atoms with Crippen molar-refractivity contribution in [1.82, 2.24) is 5.32 Å². The van der Waals surface area contributed by atoms with E-state index in [0.717, 1.165) is 18.8 Å². The summed E-state index contributed by atoms with van der Waals surface area (Å²) >= 11 is 6.01. The molecule has 0 atom stereocenters. The van der Waals surface area contributed by atoms with Crippen LogP contribution in [0.5, 0.6) is 0 Å². The number of rotatable bonds is 8. The van der Waals surface area contributed by atoms with E-state index < -0.39 is 0 Å². The lowest BCUT2D eigenvalue weighted by Crippen LogP contribution is -2.24. The highest BCUT2D eigenvalue weighted by Crippen LogP contribution is 2.22. The van der Waals surface area contributed by atoms with Gasteiger partial charge >= 0.3 is 0 Å². The van der Waals surface area contributed by atoms with Gasteiger partial charge in [0.15, 0.2) is 0 Å². The molecule has 0 aliphatic rings. The van der Waals surface area contributed by atoms with Gasteiger partial charge in [-0.3, -0.25) is 4.79 Å². The Morgan fingerprint density at radius 3 is 2.65 bits per heavy atom. The van der Waals surface area contributed by atoms with Gasteiger partial charge in [-0.15, -0.1) is 0 Å². The number of nitrogens with two attached hydrogens (primary N) is 1. The minimum atomic E-state index is -0.149.